The molecule has 0 aliphatic heterocycles. The number of aromatic amines is 1. The van der Waals surface area contributed by atoms with Crippen molar-refractivity contribution in [3.8, 4) is 11.4 Å². The molecule has 0 spiro atoms. The van der Waals surface area contributed by atoms with E-state index in [0.29, 0.717) is 27.0 Å². The van der Waals surface area contributed by atoms with Gasteiger partial charge in [-0.1, -0.05) is 47.0 Å². The molecule has 1 aromatic heterocycles. The van der Waals surface area contributed by atoms with Crippen LogP contribution in [-0.4, -0.2) is 15.9 Å². The van der Waals surface area contributed by atoms with Crippen molar-refractivity contribution in [1.82, 2.24) is 9.97 Å². The van der Waals surface area contributed by atoms with Crippen LogP contribution in [-0.2, 0) is 0 Å². The number of nitrogens with zero attached hydrogens (tertiary/aromatic N) is 1. The predicted octanol–water partition coefficient (Wildman–Crippen LogP) is 6.10. The molecule has 2 N–H and O–H groups in total. The van der Waals surface area contributed by atoms with Crippen molar-refractivity contribution in [2.24, 2.45) is 0 Å². The number of hydrogen-bond acceptors (Lipinski definition) is 2. The van der Waals surface area contributed by atoms with Gasteiger partial charge in [-0.05, 0) is 49.4 Å². The summed E-state index contributed by atoms with van der Waals surface area (Å²) in [6, 6.07) is 18.3. The molecule has 0 saturated heterocycles. The summed E-state index contributed by atoms with van der Waals surface area (Å²) < 4.78 is 0. The van der Waals surface area contributed by atoms with Crippen molar-refractivity contribution in [3.63, 3.8) is 0 Å². The number of aromatic nitrogens is 2. The molecule has 6 heteroatoms. The fourth-order valence-electron chi connectivity index (χ4n) is 2.83. The van der Waals surface area contributed by atoms with E-state index in [-0.39, 0.29) is 5.91 Å². The highest BCUT2D eigenvalue weighted by Crippen LogP contribution is 2.33. The van der Waals surface area contributed by atoms with E-state index in [9.17, 15) is 4.79 Å². The third kappa shape index (κ3) is 3.54. The quantitative estimate of drug-likeness (QED) is 0.440. The number of carbonyl (C=O) groups excluding carboxylic acids is 1. The second kappa shape index (κ2) is 7.06. The monoisotopic (exact) mass is 395 g/mol. The fourth-order valence-corrected chi connectivity index (χ4v) is 3.41. The Morgan fingerprint density at radius 2 is 1.70 bits per heavy atom. The molecule has 0 aliphatic rings. The Labute approximate surface area is 166 Å². The van der Waals surface area contributed by atoms with Crippen molar-refractivity contribution < 1.29 is 4.79 Å². The summed E-state index contributed by atoms with van der Waals surface area (Å²) in [5.74, 6) is 0.379. The Morgan fingerprint density at radius 3 is 2.41 bits per heavy atom. The minimum absolute atomic E-state index is 0.187. The van der Waals surface area contributed by atoms with Crippen LogP contribution >= 0.6 is 23.2 Å². The van der Waals surface area contributed by atoms with Gasteiger partial charge in [-0.2, -0.15) is 0 Å². The van der Waals surface area contributed by atoms with Crippen molar-refractivity contribution in [2.45, 2.75) is 6.92 Å². The van der Waals surface area contributed by atoms with Crippen LogP contribution in [0.2, 0.25) is 10.0 Å². The number of aryl methyl sites for hydroxylation is 1. The van der Waals surface area contributed by atoms with Crippen LogP contribution in [0.4, 0.5) is 5.69 Å². The minimum Gasteiger partial charge on any atom is -0.338 e. The molecule has 0 aliphatic carbocycles. The average Bonchev–Trinajstić information content (AvgIpc) is 3.06. The third-order valence-corrected chi connectivity index (χ3v) is 4.88. The van der Waals surface area contributed by atoms with Crippen LogP contribution in [0.5, 0.6) is 0 Å². The molecule has 0 fully saturated rings. The molecule has 3 aromatic carbocycles. The fraction of sp³-hybridized carbons (Fsp3) is 0.0476. The largest absolute Gasteiger partial charge is 0.338 e. The highest BCUT2D eigenvalue weighted by atomic mass is 35.5. The van der Waals surface area contributed by atoms with Gasteiger partial charge in [-0.15, -0.1) is 0 Å². The van der Waals surface area contributed by atoms with Gasteiger partial charge < -0.3 is 10.3 Å². The number of nitrogens with one attached hydrogen (secondary N) is 2. The topological polar surface area (TPSA) is 57.8 Å². The number of hydrogen-bond donors (Lipinski definition) is 2. The Bertz CT molecular complexity index is 1130. The molecular formula is C21H15Cl2N3O. The lowest BCUT2D eigenvalue weighted by Crippen LogP contribution is -2.11. The lowest BCUT2D eigenvalue weighted by Gasteiger charge is -2.05. The van der Waals surface area contributed by atoms with Gasteiger partial charge in [0.05, 0.1) is 26.6 Å². The molecule has 0 unspecified atom stereocenters. The molecule has 4 aromatic rings. The number of fused-ring (bicyclic) bond motifs is 1. The Morgan fingerprint density at radius 1 is 1.00 bits per heavy atom. The molecule has 0 atom stereocenters. The third-order valence-electron chi connectivity index (χ3n) is 4.25. The number of anilines is 1. The predicted molar refractivity (Wildman–Crippen MR) is 111 cm³/mol. The smallest absolute Gasteiger partial charge is 0.255 e. The summed E-state index contributed by atoms with van der Waals surface area (Å²) in [5.41, 5.74) is 4.52. The highest BCUT2D eigenvalue weighted by Gasteiger charge is 2.14. The van der Waals surface area contributed by atoms with Gasteiger partial charge in [0, 0.05) is 11.3 Å². The Balaban J connectivity index is 1.66. The van der Waals surface area contributed by atoms with Gasteiger partial charge in [-0.3, -0.25) is 4.79 Å². The highest BCUT2D eigenvalue weighted by molar-refractivity contribution is 6.39. The molecule has 134 valence electrons. The maximum atomic E-state index is 12.5. The lowest BCUT2D eigenvalue weighted by molar-refractivity contribution is 0.102. The number of benzene rings is 3. The average molecular weight is 396 g/mol. The van der Waals surface area contributed by atoms with Gasteiger partial charge >= 0.3 is 0 Å². The zero-order valence-corrected chi connectivity index (χ0v) is 15.9. The van der Waals surface area contributed by atoms with E-state index >= 15 is 0 Å². The molecule has 1 amide bonds. The van der Waals surface area contributed by atoms with Crippen LogP contribution in [0.1, 0.15) is 15.9 Å². The summed E-state index contributed by atoms with van der Waals surface area (Å²) >= 11 is 12.5. The number of amides is 1. The minimum atomic E-state index is -0.187. The standard InChI is InChI=1S/C21H15Cl2N3O/c1-12-5-8-14(9-6-12)24-21(27)13-7-10-17-18(11-13)26-20(25-17)19-15(22)3-2-4-16(19)23/h2-11H,1H3,(H,24,27)(H,25,26). The molecule has 0 bridgehead atoms. The molecule has 27 heavy (non-hydrogen) atoms. The van der Waals surface area contributed by atoms with Crippen molar-refractivity contribution in [2.75, 3.05) is 5.32 Å². The van der Waals surface area contributed by atoms with Crippen molar-refractivity contribution in [1.29, 1.82) is 0 Å². The number of H-pyrrole nitrogens is 1. The molecule has 0 radical (unpaired) electrons. The van der Waals surface area contributed by atoms with Gasteiger partial charge in [0.25, 0.3) is 5.91 Å². The summed E-state index contributed by atoms with van der Waals surface area (Å²) in [6.07, 6.45) is 0. The summed E-state index contributed by atoms with van der Waals surface area (Å²) in [5, 5.41) is 3.92. The van der Waals surface area contributed by atoms with E-state index in [1.54, 1.807) is 36.4 Å². The zero-order chi connectivity index (χ0) is 19.0. The van der Waals surface area contributed by atoms with E-state index in [2.05, 4.69) is 15.3 Å². The van der Waals surface area contributed by atoms with Crippen molar-refractivity contribution >= 4 is 45.8 Å². The number of halogens is 2. The molecule has 4 rings (SSSR count). The second-order valence-electron chi connectivity index (χ2n) is 6.23. The van der Waals surface area contributed by atoms with Gasteiger partial charge in [0.1, 0.15) is 5.82 Å². The molecule has 1 heterocycles. The van der Waals surface area contributed by atoms with E-state index in [0.717, 1.165) is 22.3 Å². The van der Waals surface area contributed by atoms with Crippen LogP contribution in [0.3, 0.4) is 0 Å². The SMILES string of the molecule is Cc1ccc(NC(=O)c2ccc3nc(-c4c(Cl)cccc4Cl)[nH]c3c2)cc1. The summed E-state index contributed by atoms with van der Waals surface area (Å²) in [7, 11) is 0. The molecule has 4 nitrogen and oxygen atoms in total. The number of imidazole rings is 1. The first kappa shape index (κ1) is 17.6. The first-order valence-electron chi connectivity index (χ1n) is 8.33. The zero-order valence-electron chi connectivity index (χ0n) is 14.4. The van der Waals surface area contributed by atoms with E-state index < -0.39 is 0 Å². The van der Waals surface area contributed by atoms with E-state index in [1.807, 2.05) is 31.2 Å². The van der Waals surface area contributed by atoms with E-state index in [1.165, 1.54) is 0 Å². The van der Waals surface area contributed by atoms with Crippen LogP contribution < -0.4 is 5.32 Å². The molecular weight excluding hydrogens is 381 g/mol. The van der Waals surface area contributed by atoms with Crippen LogP contribution in [0, 0.1) is 6.92 Å². The van der Waals surface area contributed by atoms with Gasteiger partial charge in [0.2, 0.25) is 0 Å². The maximum absolute atomic E-state index is 12.5. The summed E-state index contributed by atoms with van der Waals surface area (Å²) in [6.45, 7) is 2.00. The second-order valence-corrected chi connectivity index (χ2v) is 7.05. The first-order chi connectivity index (χ1) is 13.0. The van der Waals surface area contributed by atoms with E-state index in [4.69, 9.17) is 23.2 Å². The molecule has 0 saturated carbocycles. The lowest BCUT2D eigenvalue weighted by atomic mass is 10.1. The van der Waals surface area contributed by atoms with Crippen LogP contribution in [0.25, 0.3) is 22.4 Å². The first-order valence-corrected chi connectivity index (χ1v) is 9.09. The Kier molecular flexibility index (Phi) is 4.60. The van der Waals surface area contributed by atoms with Crippen LogP contribution in [0.15, 0.2) is 60.7 Å². The Hall–Kier alpha value is -2.82. The van der Waals surface area contributed by atoms with Gasteiger partial charge in [0.15, 0.2) is 0 Å². The number of rotatable bonds is 3. The number of carbonyl (C=O) groups is 1. The van der Waals surface area contributed by atoms with Crippen molar-refractivity contribution in [3.05, 3.63) is 81.8 Å². The van der Waals surface area contributed by atoms with Gasteiger partial charge in [-0.25, -0.2) is 4.98 Å². The normalized spacial score (nSPS) is 10.9. The maximum Gasteiger partial charge on any atom is 0.255 e. The summed E-state index contributed by atoms with van der Waals surface area (Å²) in [4.78, 5) is 20.3.